The average molecular weight is 1400 g/mol. The molecule has 0 aromatic heterocycles. The van der Waals surface area contributed by atoms with E-state index in [4.69, 9.17) is 21.9 Å². The third kappa shape index (κ3) is 23.3. The average Bonchev–Trinajstić information content (AvgIpc) is 1.61. The van der Waals surface area contributed by atoms with Crippen LogP contribution < -0.4 is 65.1 Å². The number of fused-ring (bicyclic) bond motifs is 1. The van der Waals surface area contributed by atoms with Crippen molar-refractivity contribution < 1.29 is 77.6 Å². The highest BCUT2D eigenvalue weighted by molar-refractivity contribution is 7.80. The summed E-state index contributed by atoms with van der Waals surface area (Å²) in [5.41, 5.74) is 17.3. The number of hydrogen-bond acceptors (Lipinski definition) is 19. The molecule has 1 saturated carbocycles. The van der Waals surface area contributed by atoms with Gasteiger partial charge in [-0.25, -0.2) is 4.79 Å². The minimum Gasteiger partial charge on any atom is -0.480 e. The molecule has 0 radical (unpaired) electrons. The minimum atomic E-state index is -1.74. The van der Waals surface area contributed by atoms with Crippen molar-refractivity contribution in [3.63, 3.8) is 0 Å². The van der Waals surface area contributed by atoms with Gasteiger partial charge in [-0.2, -0.15) is 25.3 Å². The first-order valence-electron chi connectivity index (χ1n) is 33.9. The Kier molecular flexibility index (Phi) is 34.4. The van der Waals surface area contributed by atoms with E-state index in [0.717, 1.165) is 19.3 Å². The number of aliphatic carboxylic acids is 1. The quantitative estimate of drug-likeness (QED) is 0.0131. The van der Waals surface area contributed by atoms with E-state index in [-0.39, 0.29) is 86.5 Å². The standard InChI is InChI=1S/C63H109N15O16S2/c1-9-33(6)48(58(88)73-43(31-96)55(85)76-50(62(92)93)35(8)11-3)74-56(86)46-27-37-16-12-13-18-44(37)78(46)61(91)45-19-15-23-77(45)60(90)39(26-32(4)5)69-53(83)41(29-80)70-51(81)38(17-14-22-67-63(65)66)68-52(82)40(28-79)71-54(84)42(30-95)72-59(89)49(34(7)10-2)75-57(87)47(64)36-20-24-94-25-21-36/h32-50,79-80,95-96H,9-31,64H2,1-8H3,(H,68,82)(H,69,83)(H,70,81)(H,71,84)(H,72,89)(H,73,88)(H,74,86)(H,75,87)(H,76,85)(H,92,93)(H4,65,66,67)/t33-,34-,35-,37-,38-,39-,40-,41-,42-,43-,44-,45-,46-,47-,48-,49-,50-/m0/s1. The lowest BCUT2D eigenvalue weighted by atomic mass is 9.84. The monoisotopic (exact) mass is 1400 g/mol. The van der Waals surface area contributed by atoms with E-state index in [1.165, 1.54) is 4.90 Å². The normalized spacial score (nSPS) is 22.0. The van der Waals surface area contributed by atoms with Crippen LogP contribution in [0.4, 0.5) is 0 Å². The summed E-state index contributed by atoms with van der Waals surface area (Å²) in [7, 11) is 0. The van der Waals surface area contributed by atoms with Crippen LogP contribution in [0.2, 0.25) is 0 Å². The molecule has 1 aliphatic carbocycles. The lowest BCUT2D eigenvalue weighted by Crippen LogP contribution is -2.62. The molecule has 31 nitrogen and oxygen atoms in total. The summed E-state index contributed by atoms with van der Waals surface area (Å²) >= 11 is 8.53. The number of guanidine groups is 1. The molecule has 96 heavy (non-hydrogen) atoms. The first-order chi connectivity index (χ1) is 45.5. The first-order valence-corrected chi connectivity index (χ1v) is 35.2. The fourth-order valence-corrected chi connectivity index (χ4v) is 13.2. The van der Waals surface area contributed by atoms with Gasteiger partial charge in [0.05, 0.1) is 19.3 Å². The number of ether oxygens (including phenoxy) is 1. The molecule has 3 saturated heterocycles. The number of aliphatic hydroxyl groups is 2. The maximum atomic E-state index is 15.2. The van der Waals surface area contributed by atoms with Gasteiger partial charge >= 0.3 is 5.97 Å². The summed E-state index contributed by atoms with van der Waals surface area (Å²) in [5.74, 6) is -12.4. The molecule has 0 bridgehead atoms. The van der Waals surface area contributed by atoms with Crippen molar-refractivity contribution in [2.24, 2.45) is 57.7 Å². The number of nitrogens with two attached hydrogens (primary N) is 3. The SMILES string of the molecule is CC[C@H](C)[C@H](NC(=O)[C@H](CS)NC(=O)[C@@H](NC(=O)[C@@H]1C[C@@H]2CCCC[C@@H]2N1C(=O)[C@@H]1CCCN1C(=O)[C@H](CC(C)C)NC(=O)[C@H](CO)NC(=O)[C@H](CCCN=C(N)N)NC(=O)[C@H](CO)NC(=O)[C@H](CS)NC(=O)[C@@H](NC(=O)[C@@H](N)C1CCOCC1)[C@@H](C)CC)[C@@H](C)CC)C(=O)O. The first kappa shape index (κ1) is 81.9. The van der Waals surface area contributed by atoms with Gasteiger partial charge in [-0.1, -0.05) is 87.5 Å². The number of likely N-dealkylation sites (tertiary alicyclic amines) is 2. The molecule has 4 fully saturated rings. The van der Waals surface area contributed by atoms with E-state index in [2.05, 4.69) is 78.1 Å². The van der Waals surface area contributed by atoms with Gasteiger partial charge < -0.3 is 94.9 Å². The van der Waals surface area contributed by atoms with Gasteiger partial charge in [0.15, 0.2) is 5.96 Å². The molecular weight excluding hydrogens is 1290 g/mol. The number of carboxylic acid groups (broad SMARTS) is 1. The van der Waals surface area contributed by atoms with Crippen molar-refractivity contribution in [2.75, 3.05) is 51.0 Å². The molecule has 0 unspecified atom stereocenters. The predicted molar refractivity (Wildman–Crippen MR) is 362 cm³/mol. The van der Waals surface area contributed by atoms with Crippen LogP contribution in [0.3, 0.4) is 0 Å². The summed E-state index contributed by atoms with van der Waals surface area (Å²) in [6.45, 7) is 13.1. The topological polar surface area (TPSA) is 480 Å². The maximum absolute atomic E-state index is 15.2. The Morgan fingerprint density at radius 2 is 1.03 bits per heavy atom. The van der Waals surface area contributed by atoms with Gasteiger partial charge in [-0.15, -0.1) is 0 Å². The van der Waals surface area contributed by atoms with Gasteiger partial charge in [0.25, 0.3) is 0 Å². The highest BCUT2D eigenvalue weighted by atomic mass is 32.1. The van der Waals surface area contributed by atoms with Gasteiger partial charge in [-0.3, -0.25) is 57.7 Å². The Morgan fingerprint density at radius 3 is 1.54 bits per heavy atom. The highest BCUT2D eigenvalue weighted by Gasteiger charge is 2.52. The van der Waals surface area contributed by atoms with Crippen molar-refractivity contribution >= 4 is 102 Å². The van der Waals surface area contributed by atoms with Crippen LogP contribution in [-0.4, -0.2) is 232 Å². The van der Waals surface area contributed by atoms with Gasteiger partial charge in [0, 0.05) is 43.9 Å². The Balaban J connectivity index is 1.51. The van der Waals surface area contributed by atoms with Crippen molar-refractivity contribution in [1.29, 1.82) is 0 Å². The molecule has 4 rings (SSSR count). The number of nitrogens with one attached hydrogen (secondary N) is 9. The zero-order chi connectivity index (χ0) is 71.7. The van der Waals surface area contributed by atoms with Crippen molar-refractivity contribution in [3.8, 4) is 0 Å². The number of nitrogens with zero attached hydrogens (tertiary/aromatic N) is 3. The zero-order valence-electron chi connectivity index (χ0n) is 56.9. The second kappa shape index (κ2) is 40.4. The van der Waals surface area contributed by atoms with Crippen molar-refractivity contribution in [1.82, 2.24) is 57.7 Å². The molecular formula is C63H109N15O16S2. The molecule has 17 atom stereocenters. The summed E-state index contributed by atoms with van der Waals surface area (Å²) < 4.78 is 5.39. The minimum absolute atomic E-state index is 0.0308. The van der Waals surface area contributed by atoms with Crippen molar-refractivity contribution in [2.45, 2.75) is 230 Å². The van der Waals surface area contributed by atoms with Crippen LogP contribution >= 0.6 is 25.3 Å². The zero-order valence-corrected chi connectivity index (χ0v) is 58.6. The van der Waals surface area contributed by atoms with E-state index in [9.17, 15) is 68.1 Å². The third-order valence-corrected chi connectivity index (χ3v) is 19.8. The number of aliphatic hydroxyl groups excluding tert-OH is 2. The summed E-state index contributed by atoms with van der Waals surface area (Å²) in [6.07, 6.45) is 6.16. The van der Waals surface area contributed by atoms with Crippen LogP contribution in [0.5, 0.6) is 0 Å². The van der Waals surface area contributed by atoms with E-state index in [1.807, 2.05) is 13.8 Å². The Labute approximate surface area is 573 Å². The fourth-order valence-electron chi connectivity index (χ4n) is 12.7. The van der Waals surface area contributed by atoms with Crippen LogP contribution in [0.15, 0.2) is 4.99 Å². The third-order valence-electron chi connectivity index (χ3n) is 19.1. The van der Waals surface area contributed by atoms with Crippen molar-refractivity contribution in [3.05, 3.63) is 0 Å². The molecule has 4 aliphatic rings. The Hall–Kier alpha value is -6.55. The number of carboxylic acids is 1. The molecule has 544 valence electrons. The van der Waals surface area contributed by atoms with Gasteiger partial charge in [0.2, 0.25) is 65.0 Å². The van der Waals surface area contributed by atoms with Crippen LogP contribution in [-0.2, 0) is 62.3 Å². The van der Waals surface area contributed by atoms with E-state index in [1.54, 1.807) is 46.4 Å². The second-order valence-electron chi connectivity index (χ2n) is 26.4. The Morgan fingerprint density at radius 1 is 0.562 bits per heavy atom. The number of hydrogen-bond donors (Lipinski definition) is 17. The van der Waals surface area contributed by atoms with Gasteiger partial charge in [0.1, 0.15) is 66.5 Å². The fraction of sp³-hybridized carbons (Fsp3) is 0.794. The highest BCUT2D eigenvalue weighted by Crippen LogP contribution is 2.41. The lowest BCUT2D eigenvalue weighted by molar-refractivity contribution is -0.150. The number of carbonyl (C=O) groups is 12. The summed E-state index contributed by atoms with van der Waals surface area (Å²) in [6, 6.07) is -15.9. The lowest BCUT2D eigenvalue weighted by Gasteiger charge is -2.38. The molecule has 0 aromatic rings. The predicted octanol–water partition coefficient (Wildman–Crippen LogP) is -2.58. The maximum Gasteiger partial charge on any atom is 0.326 e. The second-order valence-corrected chi connectivity index (χ2v) is 27.1. The number of carbonyl (C=O) groups excluding carboxylic acids is 11. The molecule has 3 aliphatic heterocycles. The summed E-state index contributed by atoms with van der Waals surface area (Å²) in [5, 5.41) is 54.2. The van der Waals surface area contributed by atoms with Gasteiger partial charge in [-0.05, 0) is 99.7 Å². The number of aliphatic imine (C=N–C) groups is 1. The molecule has 18 N–H and O–H groups in total. The number of thiol groups is 2. The van der Waals surface area contributed by atoms with E-state index >= 15 is 4.79 Å². The smallest absolute Gasteiger partial charge is 0.326 e. The van der Waals surface area contributed by atoms with E-state index in [0.29, 0.717) is 58.2 Å². The molecule has 0 spiro atoms. The van der Waals surface area contributed by atoms with Crippen LogP contribution in [0.1, 0.15) is 152 Å². The number of rotatable bonds is 38. The van der Waals surface area contributed by atoms with Crippen LogP contribution in [0.25, 0.3) is 0 Å². The molecule has 0 aromatic carbocycles. The molecule has 33 heteroatoms. The summed E-state index contributed by atoms with van der Waals surface area (Å²) in [4.78, 5) is 175. The van der Waals surface area contributed by atoms with Crippen LogP contribution in [0, 0.1) is 35.5 Å². The Bertz CT molecular complexity index is 2690. The molecule has 11 amide bonds. The molecule has 3 heterocycles. The largest absolute Gasteiger partial charge is 0.480 e. The number of amides is 11. The van der Waals surface area contributed by atoms with E-state index < -0.39 is 174 Å².